The largest absolute Gasteiger partial charge is 0.392 e. The van der Waals surface area contributed by atoms with Gasteiger partial charge in [0.15, 0.2) is 0 Å². The second kappa shape index (κ2) is 4.42. The first-order chi connectivity index (χ1) is 5.77. The molecule has 1 rings (SSSR count). The second-order valence-electron chi connectivity index (χ2n) is 2.35. The Labute approximate surface area is 80.0 Å². The van der Waals surface area contributed by atoms with Crippen molar-refractivity contribution in [1.29, 1.82) is 0 Å². The molecule has 0 atom stereocenters. The summed E-state index contributed by atoms with van der Waals surface area (Å²) in [4.78, 5) is 4.12. The van der Waals surface area contributed by atoms with Gasteiger partial charge in [-0.25, -0.2) is 4.98 Å². The minimum absolute atomic E-state index is 0.00870. The first kappa shape index (κ1) is 9.48. The van der Waals surface area contributed by atoms with E-state index in [1.54, 1.807) is 6.20 Å². The van der Waals surface area contributed by atoms with Gasteiger partial charge in [-0.15, -0.1) is 0 Å². The number of aliphatic hydroxyl groups excluding tert-OH is 1. The molecule has 0 unspecified atom stereocenters. The molecule has 4 heteroatoms. The Balaban J connectivity index is 2.94. The van der Waals surface area contributed by atoms with Gasteiger partial charge in [0.1, 0.15) is 5.82 Å². The lowest BCUT2D eigenvalue weighted by Gasteiger charge is -2.06. The van der Waals surface area contributed by atoms with Crippen LogP contribution in [0.5, 0.6) is 0 Å². The Bertz CT molecular complexity index is 265. The van der Waals surface area contributed by atoms with E-state index < -0.39 is 0 Å². The number of hydrogen-bond acceptors (Lipinski definition) is 3. The van der Waals surface area contributed by atoms with Gasteiger partial charge in [0.25, 0.3) is 0 Å². The predicted octanol–water partition coefficient (Wildman–Crippen LogP) is 1.77. The molecular weight excluding hydrogens is 220 g/mol. The number of pyridine rings is 1. The van der Waals surface area contributed by atoms with Crippen LogP contribution in [-0.4, -0.2) is 16.6 Å². The fraction of sp³-hybridized carbons (Fsp3) is 0.375. The summed E-state index contributed by atoms with van der Waals surface area (Å²) in [7, 11) is 0. The van der Waals surface area contributed by atoms with Crippen molar-refractivity contribution in [3.8, 4) is 0 Å². The van der Waals surface area contributed by atoms with E-state index in [0.29, 0.717) is 0 Å². The van der Waals surface area contributed by atoms with Crippen LogP contribution in [0.3, 0.4) is 0 Å². The highest BCUT2D eigenvalue weighted by Crippen LogP contribution is 2.17. The molecular formula is C8H11BrN2O. The molecule has 66 valence electrons. The quantitative estimate of drug-likeness (QED) is 0.833. The summed E-state index contributed by atoms with van der Waals surface area (Å²) in [6.45, 7) is 2.81. The van der Waals surface area contributed by atoms with Crippen molar-refractivity contribution in [3.05, 3.63) is 22.3 Å². The molecule has 0 saturated carbocycles. The third-order valence-corrected chi connectivity index (χ3v) is 1.88. The highest BCUT2D eigenvalue weighted by Gasteiger charge is 2.01. The van der Waals surface area contributed by atoms with Gasteiger partial charge in [0.05, 0.1) is 6.61 Å². The molecule has 0 amide bonds. The molecule has 1 heterocycles. The summed E-state index contributed by atoms with van der Waals surface area (Å²) in [6.07, 6.45) is 1.71. The van der Waals surface area contributed by atoms with Crippen LogP contribution in [0.4, 0.5) is 5.82 Å². The zero-order chi connectivity index (χ0) is 8.97. The van der Waals surface area contributed by atoms with Gasteiger partial charge in [0, 0.05) is 22.8 Å². The summed E-state index contributed by atoms with van der Waals surface area (Å²) in [5.74, 6) is 0.753. The Hall–Kier alpha value is -0.610. The lowest BCUT2D eigenvalue weighted by atomic mass is 10.3. The van der Waals surface area contributed by atoms with Crippen molar-refractivity contribution in [2.75, 3.05) is 11.9 Å². The van der Waals surface area contributed by atoms with E-state index in [1.165, 1.54) is 0 Å². The summed E-state index contributed by atoms with van der Waals surface area (Å²) >= 11 is 3.29. The van der Waals surface area contributed by atoms with Crippen molar-refractivity contribution in [2.24, 2.45) is 0 Å². The number of halogens is 1. The molecule has 0 fully saturated rings. The van der Waals surface area contributed by atoms with Gasteiger partial charge in [-0.1, -0.05) is 0 Å². The fourth-order valence-electron chi connectivity index (χ4n) is 0.928. The van der Waals surface area contributed by atoms with Gasteiger partial charge in [-0.3, -0.25) is 0 Å². The van der Waals surface area contributed by atoms with Crippen molar-refractivity contribution >= 4 is 21.7 Å². The topological polar surface area (TPSA) is 45.2 Å². The molecule has 2 N–H and O–H groups in total. The first-order valence-electron chi connectivity index (χ1n) is 3.77. The van der Waals surface area contributed by atoms with Crippen molar-refractivity contribution in [1.82, 2.24) is 4.98 Å². The normalized spacial score (nSPS) is 9.92. The molecule has 0 aliphatic heterocycles. The summed E-state index contributed by atoms with van der Waals surface area (Å²) in [6, 6.07) is 1.85. The van der Waals surface area contributed by atoms with Crippen molar-refractivity contribution < 1.29 is 5.11 Å². The Morgan fingerprint density at radius 3 is 3.00 bits per heavy atom. The van der Waals surface area contributed by atoms with Crippen LogP contribution >= 0.6 is 15.9 Å². The summed E-state index contributed by atoms with van der Waals surface area (Å²) < 4.78 is 0.883. The van der Waals surface area contributed by atoms with E-state index in [0.717, 1.165) is 22.4 Å². The number of rotatable bonds is 3. The van der Waals surface area contributed by atoms with E-state index >= 15 is 0 Å². The lowest BCUT2D eigenvalue weighted by molar-refractivity contribution is 0.282. The minimum Gasteiger partial charge on any atom is -0.392 e. The first-order valence-corrected chi connectivity index (χ1v) is 4.56. The maximum Gasteiger partial charge on any atom is 0.131 e. The van der Waals surface area contributed by atoms with E-state index in [-0.39, 0.29) is 6.61 Å². The average molecular weight is 231 g/mol. The fourth-order valence-corrected chi connectivity index (χ4v) is 1.31. The van der Waals surface area contributed by atoms with Crippen LogP contribution in [0, 0.1) is 0 Å². The lowest BCUT2D eigenvalue weighted by Crippen LogP contribution is -2.03. The predicted molar refractivity (Wildman–Crippen MR) is 52.0 cm³/mol. The van der Waals surface area contributed by atoms with E-state index in [1.807, 2.05) is 13.0 Å². The van der Waals surface area contributed by atoms with Gasteiger partial charge < -0.3 is 10.4 Å². The molecule has 0 saturated heterocycles. The SMILES string of the molecule is CCNc1ncc(Br)cc1CO. The molecule has 0 radical (unpaired) electrons. The average Bonchev–Trinajstić information content (AvgIpc) is 2.08. The van der Waals surface area contributed by atoms with Crippen LogP contribution in [-0.2, 0) is 6.61 Å². The monoisotopic (exact) mass is 230 g/mol. The Kier molecular flexibility index (Phi) is 3.49. The van der Waals surface area contributed by atoms with Gasteiger partial charge in [0.2, 0.25) is 0 Å². The van der Waals surface area contributed by atoms with Gasteiger partial charge >= 0.3 is 0 Å². The molecule has 0 aromatic carbocycles. The third-order valence-electron chi connectivity index (χ3n) is 1.45. The second-order valence-corrected chi connectivity index (χ2v) is 3.27. The van der Waals surface area contributed by atoms with Crippen LogP contribution in [0.15, 0.2) is 16.7 Å². The summed E-state index contributed by atoms with van der Waals surface area (Å²) in [5.41, 5.74) is 0.811. The van der Waals surface area contributed by atoms with Crippen molar-refractivity contribution in [3.63, 3.8) is 0 Å². The van der Waals surface area contributed by atoms with E-state index in [2.05, 4.69) is 26.2 Å². The highest BCUT2D eigenvalue weighted by molar-refractivity contribution is 9.10. The van der Waals surface area contributed by atoms with E-state index in [9.17, 15) is 0 Å². The molecule has 0 aliphatic carbocycles. The standard InChI is InChI=1S/C8H11BrN2O/c1-2-10-8-6(5-12)3-7(9)4-11-8/h3-4,12H,2,5H2,1H3,(H,10,11). The van der Waals surface area contributed by atoms with Gasteiger partial charge in [-0.05, 0) is 28.9 Å². The Morgan fingerprint density at radius 1 is 1.67 bits per heavy atom. The molecule has 0 aliphatic rings. The van der Waals surface area contributed by atoms with Crippen LogP contribution in [0.25, 0.3) is 0 Å². The highest BCUT2D eigenvalue weighted by atomic mass is 79.9. The third kappa shape index (κ3) is 2.19. The molecule has 1 aromatic heterocycles. The minimum atomic E-state index is 0.00870. The van der Waals surface area contributed by atoms with Crippen LogP contribution < -0.4 is 5.32 Å². The maximum absolute atomic E-state index is 8.97. The summed E-state index contributed by atoms with van der Waals surface area (Å²) in [5, 5.41) is 12.0. The molecule has 0 bridgehead atoms. The number of nitrogens with zero attached hydrogens (tertiary/aromatic N) is 1. The molecule has 0 spiro atoms. The number of hydrogen-bond donors (Lipinski definition) is 2. The number of aromatic nitrogens is 1. The maximum atomic E-state index is 8.97. The zero-order valence-electron chi connectivity index (χ0n) is 6.84. The number of nitrogens with one attached hydrogen (secondary N) is 1. The zero-order valence-corrected chi connectivity index (χ0v) is 8.43. The Morgan fingerprint density at radius 2 is 2.42 bits per heavy atom. The van der Waals surface area contributed by atoms with Gasteiger partial charge in [-0.2, -0.15) is 0 Å². The number of aliphatic hydroxyl groups is 1. The molecule has 1 aromatic rings. The van der Waals surface area contributed by atoms with Crippen LogP contribution in [0.2, 0.25) is 0 Å². The molecule has 3 nitrogen and oxygen atoms in total. The number of anilines is 1. The molecule has 12 heavy (non-hydrogen) atoms. The van der Waals surface area contributed by atoms with Crippen LogP contribution in [0.1, 0.15) is 12.5 Å². The van der Waals surface area contributed by atoms with Crippen molar-refractivity contribution in [2.45, 2.75) is 13.5 Å². The smallest absolute Gasteiger partial charge is 0.131 e. The van der Waals surface area contributed by atoms with E-state index in [4.69, 9.17) is 5.11 Å².